The molecule has 8 heteroatoms. The van der Waals surface area contributed by atoms with Crippen molar-refractivity contribution in [2.75, 3.05) is 36.0 Å². The summed E-state index contributed by atoms with van der Waals surface area (Å²) >= 11 is 0. The second kappa shape index (κ2) is 8.15. The number of nitriles is 1. The Balaban J connectivity index is 1.47. The third-order valence-electron chi connectivity index (χ3n) is 6.87. The Morgan fingerprint density at radius 2 is 2.00 bits per heavy atom. The van der Waals surface area contributed by atoms with Crippen molar-refractivity contribution in [2.24, 2.45) is 11.8 Å². The zero-order valence-electron chi connectivity index (χ0n) is 17.7. The van der Waals surface area contributed by atoms with Gasteiger partial charge >= 0.3 is 0 Å². The van der Waals surface area contributed by atoms with Gasteiger partial charge in [-0.25, -0.2) is 0 Å². The number of nitro benzene ring substituents is 1. The highest BCUT2D eigenvalue weighted by atomic mass is 16.6. The van der Waals surface area contributed by atoms with Gasteiger partial charge in [-0.3, -0.25) is 14.9 Å². The van der Waals surface area contributed by atoms with E-state index in [0.29, 0.717) is 44.1 Å². The first-order chi connectivity index (χ1) is 15.5. The van der Waals surface area contributed by atoms with Gasteiger partial charge in [-0.05, 0) is 48.9 Å². The fraction of sp³-hybridized carbons (Fsp3) is 0.417. The summed E-state index contributed by atoms with van der Waals surface area (Å²) in [5.41, 5.74) is 3.40. The van der Waals surface area contributed by atoms with Crippen molar-refractivity contribution in [2.45, 2.75) is 25.3 Å². The Hall–Kier alpha value is -3.60. The minimum absolute atomic E-state index is 0.0134. The van der Waals surface area contributed by atoms with Crippen LogP contribution in [0.2, 0.25) is 0 Å². The quantitative estimate of drug-likeness (QED) is 0.577. The molecule has 0 unspecified atom stereocenters. The molecule has 2 atom stereocenters. The summed E-state index contributed by atoms with van der Waals surface area (Å²) in [6.07, 6.45) is 2.80. The van der Waals surface area contributed by atoms with E-state index in [1.165, 1.54) is 0 Å². The smallest absolute Gasteiger partial charge is 0.269 e. The number of nitrogens with zero attached hydrogens (tertiary/aromatic N) is 4. The molecule has 1 aliphatic carbocycles. The van der Waals surface area contributed by atoms with E-state index in [0.717, 1.165) is 29.8 Å². The van der Waals surface area contributed by atoms with E-state index in [1.807, 2.05) is 30.3 Å². The number of amides is 1. The lowest BCUT2D eigenvalue weighted by Gasteiger charge is -2.49. The monoisotopic (exact) mass is 431 g/mol. The fourth-order valence-corrected chi connectivity index (χ4v) is 4.98. The van der Waals surface area contributed by atoms with E-state index >= 15 is 0 Å². The van der Waals surface area contributed by atoms with Crippen LogP contribution in [0.25, 0.3) is 0 Å². The van der Waals surface area contributed by atoms with E-state index in [9.17, 15) is 20.2 Å². The molecule has 2 aromatic rings. The highest BCUT2D eigenvalue weighted by molar-refractivity contribution is 5.82. The third-order valence-corrected chi connectivity index (χ3v) is 6.87. The van der Waals surface area contributed by atoms with Crippen LogP contribution >= 0.6 is 0 Å². The number of nitrogens with one attached hydrogen (secondary N) is 1. The molecule has 3 aliphatic rings. The first-order valence-electron chi connectivity index (χ1n) is 11.1. The Morgan fingerprint density at radius 1 is 1.19 bits per heavy atom. The Labute approximate surface area is 186 Å². The molecule has 5 rings (SSSR count). The lowest BCUT2D eigenvalue weighted by Crippen LogP contribution is -2.61. The van der Waals surface area contributed by atoms with E-state index in [-0.39, 0.29) is 28.5 Å². The van der Waals surface area contributed by atoms with Crippen molar-refractivity contribution in [3.8, 4) is 6.07 Å². The molecular weight excluding hydrogens is 406 g/mol. The molecule has 32 heavy (non-hydrogen) atoms. The third kappa shape index (κ3) is 3.75. The molecule has 1 amide bonds. The second-order valence-electron chi connectivity index (χ2n) is 8.90. The normalized spacial score (nSPS) is 21.8. The summed E-state index contributed by atoms with van der Waals surface area (Å²) < 4.78 is 0. The zero-order chi connectivity index (χ0) is 22.2. The van der Waals surface area contributed by atoms with Crippen molar-refractivity contribution in [1.29, 1.82) is 5.26 Å². The van der Waals surface area contributed by atoms with Gasteiger partial charge in [0.1, 0.15) is 6.07 Å². The molecule has 1 saturated heterocycles. The van der Waals surface area contributed by atoms with Crippen LogP contribution in [-0.2, 0) is 11.2 Å². The molecule has 0 radical (unpaired) electrons. The van der Waals surface area contributed by atoms with E-state index < -0.39 is 0 Å². The summed E-state index contributed by atoms with van der Waals surface area (Å²) in [5.74, 6) is 0.289. The first-order valence-corrected chi connectivity index (χ1v) is 11.1. The maximum atomic E-state index is 13.2. The lowest BCUT2D eigenvalue weighted by molar-refractivity contribution is -0.384. The van der Waals surface area contributed by atoms with Crippen LogP contribution in [0.3, 0.4) is 0 Å². The molecule has 1 N–H and O–H groups in total. The minimum Gasteiger partial charge on any atom is -0.367 e. The van der Waals surface area contributed by atoms with Crippen molar-refractivity contribution in [3.63, 3.8) is 0 Å². The number of para-hydroxylation sites is 1. The average molecular weight is 431 g/mol. The number of non-ortho nitro benzene ring substituents is 1. The Kier molecular flexibility index (Phi) is 5.17. The molecule has 0 aromatic heterocycles. The molecule has 8 nitrogen and oxygen atoms in total. The zero-order valence-corrected chi connectivity index (χ0v) is 17.7. The number of carbonyl (C=O) groups is 1. The Bertz CT molecular complexity index is 1110. The minimum atomic E-state index is -0.384. The van der Waals surface area contributed by atoms with Crippen LogP contribution in [0.15, 0.2) is 42.5 Å². The van der Waals surface area contributed by atoms with E-state index in [1.54, 1.807) is 12.1 Å². The fourth-order valence-electron chi connectivity index (χ4n) is 4.98. The first kappa shape index (κ1) is 20.3. The van der Waals surface area contributed by atoms with Crippen LogP contribution in [0.4, 0.5) is 17.1 Å². The van der Waals surface area contributed by atoms with Crippen LogP contribution in [0, 0.1) is 33.3 Å². The highest BCUT2D eigenvalue weighted by Crippen LogP contribution is 2.39. The predicted molar refractivity (Wildman–Crippen MR) is 121 cm³/mol. The number of hydrogen-bond donors (Lipinski definition) is 1. The van der Waals surface area contributed by atoms with Crippen molar-refractivity contribution >= 4 is 23.0 Å². The number of hydrogen-bond acceptors (Lipinski definition) is 6. The summed E-state index contributed by atoms with van der Waals surface area (Å²) in [5, 5.41) is 24.0. The Morgan fingerprint density at radius 3 is 2.75 bits per heavy atom. The van der Waals surface area contributed by atoms with Crippen molar-refractivity contribution < 1.29 is 9.72 Å². The van der Waals surface area contributed by atoms with E-state index in [4.69, 9.17) is 0 Å². The van der Waals surface area contributed by atoms with Gasteiger partial charge < -0.3 is 15.1 Å². The van der Waals surface area contributed by atoms with Gasteiger partial charge in [-0.1, -0.05) is 12.1 Å². The molecule has 1 saturated carbocycles. The highest BCUT2D eigenvalue weighted by Gasteiger charge is 2.42. The van der Waals surface area contributed by atoms with Gasteiger partial charge in [-0.2, -0.15) is 5.26 Å². The summed E-state index contributed by atoms with van der Waals surface area (Å²) in [6.45, 7) is 2.71. The van der Waals surface area contributed by atoms with Gasteiger partial charge in [0.05, 0.1) is 28.1 Å². The van der Waals surface area contributed by atoms with Crippen LogP contribution in [0.1, 0.15) is 24.0 Å². The predicted octanol–water partition coefficient (Wildman–Crippen LogP) is 2.86. The summed E-state index contributed by atoms with van der Waals surface area (Å²) in [7, 11) is 0. The van der Waals surface area contributed by atoms with Gasteiger partial charge in [0.25, 0.3) is 5.69 Å². The summed E-state index contributed by atoms with van der Waals surface area (Å²) in [4.78, 5) is 28.6. The van der Waals surface area contributed by atoms with Crippen molar-refractivity contribution in [3.05, 3.63) is 63.7 Å². The molecule has 2 heterocycles. The molecule has 2 fully saturated rings. The molecule has 2 aromatic carbocycles. The number of fused-ring (bicyclic) bond motifs is 3. The van der Waals surface area contributed by atoms with Gasteiger partial charge in [0.2, 0.25) is 5.91 Å². The summed E-state index contributed by atoms with van der Waals surface area (Å²) in [6, 6.07) is 14.7. The lowest BCUT2D eigenvalue weighted by atomic mass is 9.83. The molecule has 0 spiro atoms. The van der Waals surface area contributed by atoms with Crippen molar-refractivity contribution in [1.82, 2.24) is 5.32 Å². The number of nitro groups is 1. The maximum Gasteiger partial charge on any atom is 0.269 e. The molecule has 0 bridgehead atoms. The number of rotatable bonds is 5. The molecule has 2 aliphatic heterocycles. The van der Waals surface area contributed by atoms with Crippen LogP contribution < -0.4 is 15.1 Å². The van der Waals surface area contributed by atoms with Gasteiger partial charge in [0.15, 0.2) is 0 Å². The maximum absolute atomic E-state index is 13.2. The second-order valence-corrected chi connectivity index (χ2v) is 8.90. The topological polar surface area (TPSA) is 103 Å². The standard InChI is InChI=1S/C24H25N5O3/c25-13-17-3-1-2-4-21(17)27-9-10-28-22-8-7-19(29(31)32)11-18(22)12-20(23(28)15-27)24(30)26-14-16-5-6-16/h1-4,7-8,11,16,20,23H,5-6,9-10,12,14-15H2,(H,26,30)/t20-,23-/m1/s1. The molecule has 164 valence electrons. The SMILES string of the molecule is N#Cc1ccccc1N1CCN2c3ccc([N+](=O)[O-])cc3C[C@@H](C(=O)NCC3CC3)[C@H]2C1. The van der Waals surface area contributed by atoms with Gasteiger partial charge in [0, 0.05) is 44.0 Å². The van der Waals surface area contributed by atoms with Crippen LogP contribution in [-0.4, -0.2) is 43.1 Å². The number of carbonyl (C=O) groups excluding carboxylic acids is 1. The number of benzene rings is 2. The molecular formula is C24H25N5O3. The number of anilines is 2. The van der Waals surface area contributed by atoms with E-state index in [2.05, 4.69) is 21.2 Å². The average Bonchev–Trinajstić information content (AvgIpc) is 3.65. The van der Waals surface area contributed by atoms with Crippen LogP contribution in [0.5, 0.6) is 0 Å². The van der Waals surface area contributed by atoms with Gasteiger partial charge in [-0.15, -0.1) is 0 Å². The largest absolute Gasteiger partial charge is 0.367 e. The number of piperazine rings is 1.